The Balaban J connectivity index is 2.03. The Hall–Kier alpha value is -2.04. The molecule has 0 bridgehead atoms. The van der Waals surface area contributed by atoms with E-state index >= 15 is 0 Å². The number of aliphatic carboxylic acids is 1. The van der Waals surface area contributed by atoms with Crippen LogP contribution in [0.1, 0.15) is 24.8 Å². The number of hydrogen-bond acceptors (Lipinski definition) is 3. The van der Waals surface area contributed by atoms with Gasteiger partial charge in [-0.15, -0.1) is 0 Å². The number of benzene rings is 1. The number of carboxylic acid groups (broad SMARTS) is 1. The molecule has 1 amide bonds. The van der Waals surface area contributed by atoms with Gasteiger partial charge in [-0.2, -0.15) is 0 Å². The molecule has 1 unspecified atom stereocenters. The SMILES string of the molecule is COc1ccc(CC(=O)N2CCCCC2C(=O)O)cc1. The average Bonchev–Trinajstić information content (AvgIpc) is 2.48. The number of carbonyl (C=O) groups is 2. The van der Waals surface area contributed by atoms with Crippen molar-refractivity contribution < 1.29 is 19.4 Å². The molecule has 1 heterocycles. The highest BCUT2D eigenvalue weighted by Gasteiger charge is 2.31. The molecule has 1 aliphatic rings. The minimum atomic E-state index is -0.909. The van der Waals surface area contributed by atoms with Gasteiger partial charge in [0.2, 0.25) is 5.91 Å². The van der Waals surface area contributed by atoms with Crippen molar-refractivity contribution in [3.63, 3.8) is 0 Å². The molecule has 0 radical (unpaired) electrons. The second kappa shape index (κ2) is 6.41. The number of piperidine rings is 1. The van der Waals surface area contributed by atoms with Gasteiger partial charge in [0.05, 0.1) is 13.5 Å². The number of carbonyl (C=O) groups excluding carboxylic acids is 1. The summed E-state index contributed by atoms with van der Waals surface area (Å²) in [5.41, 5.74) is 0.866. The average molecular weight is 277 g/mol. The highest BCUT2D eigenvalue weighted by Crippen LogP contribution is 2.19. The third-order valence-electron chi connectivity index (χ3n) is 3.62. The van der Waals surface area contributed by atoms with Crippen molar-refractivity contribution >= 4 is 11.9 Å². The Morgan fingerprint density at radius 3 is 2.60 bits per heavy atom. The van der Waals surface area contributed by atoms with Crippen LogP contribution in [0.5, 0.6) is 5.75 Å². The maximum absolute atomic E-state index is 12.3. The minimum Gasteiger partial charge on any atom is -0.497 e. The molecule has 5 nitrogen and oxygen atoms in total. The van der Waals surface area contributed by atoms with E-state index in [1.807, 2.05) is 12.1 Å². The van der Waals surface area contributed by atoms with Gasteiger partial charge in [-0.25, -0.2) is 4.79 Å². The molecule has 1 atom stereocenters. The smallest absolute Gasteiger partial charge is 0.326 e. The molecule has 0 saturated carbocycles. The van der Waals surface area contributed by atoms with Gasteiger partial charge < -0.3 is 14.7 Å². The minimum absolute atomic E-state index is 0.123. The van der Waals surface area contributed by atoms with Crippen molar-refractivity contribution in [2.45, 2.75) is 31.7 Å². The van der Waals surface area contributed by atoms with Crippen LogP contribution in [0.2, 0.25) is 0 Å². The van der Waals surface area contributed by atoms with Gasteiger partial charge in [0, 0.05) is 6.54 Å². The lowest BCUT2D eigenvalue weighted by atomic mass is 10.0. The van der Waals surface area contributed by atoms with Gasteiger partial charge >= 0.3 is 5.97 Å². The fourth-order valence-electron chi connectivity index (χ4n) is 2.51. The molecule has 1 fully saturated rings. The third kappa shape index (κ3) is 3.29. The normalized spacial score (nSPS) is 18.6. The van der Waals surface area contributed by atoms with Crippen molar-refractivity contribution in [1.82, 2.24) is 4.90 Å². The largest absolute Gasteiger partial charge is 0.497 e. The fourth-order valence-corrected chi connectivity index (χ4v) is 2.51. The quantitative estimate of drug-likeness (QED) is 0.909. The van der Waals surface area contributed by atoms with Crippen molar-refractivity contribution in [3.05, 3.63) is 29.8 Å². The highest BCUT2D eigenvalue weighted by atomic mass is 16.5. The van der Waals surface area contributed by atoms with E-state index in [9.17, 15) is 14.7 Å². The third-order valence-corrected chi connectivity index (χ3v) is 3.62. The lowest BCUT2D eigenvalue weighted by Crippen LogP contribution is -2.48. The Bertz CT molecular complexity index is 483. The lowest BCUT2D eigenvalue weighted by molar-refractivity contribution is -0.151. The summed E-state index contributed by atoms with van der Waals surface area (Å²) in [6.45, 7) is 0.534. The number of nitrogens with zero attached hydrogens (tertiary/aromatic N) is 1. The van der Waals surface area contributed by atoms with E-state index in [-0.39, 0.29) is 12.3 Å². The number of ether oxygens (including phenoxy) is 1. The molecule has 20 heavy (non-hydrogen) atoms. The topological polar surface area (TPSA) is 66.8 Å². The number of likely N-dealkylation sites (tertiary alicyclic amines) is 1. The number of rotatable bonds is 4. The first kappa shape index (κ1) is 14.4. The summed E-state index contributed by atoms with van der Waals surface area (Å²) in [6.07, 6.45) is 2.51. The molecule has 2 rings (SSSR count). The van der Waals surface area contributed by atoms with E-state index in [1.165, 1.54) is 4.90 Å². The Labute approximate surface area is 118 Å². The Kier molecular flexibility index (Phi) is 4.61. The van der Waals surface area contributed by atoms with E-state index in [2.05, 4.69) is 0 Å². The maximum Gasteiger partial charge on any atom is 0.326 e. The number of methoxy groups -OCH3 is 1. The lowest BCUT2D eigenvalue weighted by Gasteiger charge is -2.33. The van der Waals surface area contributed by atoms with Crippen molar-refractivity contribution in [2.75, 3.05) is 13.7 Å². The van der Waals surface area contributed by atoms with Crippen molar-refractivity contribution in [1.29, 1.82) is 0 Å². The Morgan fingerprint density at radius 2 is 2.00 bits per heavy atom. The van der Waals surface area contributed by atoms with Gasteiger partial charge in [0.15, 0.2) is 0 Å². The first-order valence-electron chi connectivity index (χ1n) is 6.77. The van der Waals surface area contributed by atoms with Crippen LogP contribution in [0.15, 0.2) is 24.3 Å². The van der Waals surface area contributed by atoms with Gasteiger partial charge in [-0.05, 0) is 37.0 Å². The molecular weight excluding hydrogens is 258 g/mol. The standard InChI is InChI=1S/C15H19NO4/c1-20-12-7-5-11(6-8-12)10-14(17)16-9-3-2-4-13(16)15(18)19/h5-8,13H,2-4,9-10H2,1H3,(H,18,19). The molecule has 1 aromatic rings. The molecular formula is C15H19NO4. The molecule has 1 saturated heterocycles. The summed E-state index contributed by atoms with van der Waals surface area (Å²) in [6, 6.07) is 6.59. The molecule has 0 aromatic heterocycles. The molecule has 1 aromatic carbocycles. The molecule has 0 spiro atoms. The highest BCUT2D eigenvalue weighted by molar-refractivity contribution is 5.85. The summed E-state index contributed by atoms with van der Waals surface area (Å²) in [5, 5.41) is 9.18. The molecule has 1 N–H and O–H groups in total. The second-order valence-corrected chi connectivity index (χ2v) is 4.96. The van der Waals surface area contributed by atoms with Crippen LogP contribution in [0.3, 0.4) is 0 Å². The first-order chi connectivity index (χ1) is 9.61. The molecule has 108 valence electrons. The van der Waals surface area contributed by atoms with Gasteiger partial charge in [-0.3, -0.25) is 4.79 Å². The van der Waals surface area contributed by atoms with Gasteiger partial charge in [-0.1, -0.05) is 12.1 Å². The Morgan fingerprint density at radius 1 is 1.30 bits per heavy atom. The first-order valence-corrected chi connectivity index (χ1v) is 6.77. The summed E-state index contributed by atoms with van der Waals surface area (Å²) >= 11 is 0. The molecule has 0 aliphatic carbocycles. The second-order valence-electron chi connectivity index (χ2n) is 4.96. The molecule has 5 heteroatoms. The van der Waals surface area contributed by atoms with Crippen LogP contribution in [0.4, 0.5) is 0 Å². The van der Waals surface area contributed by atoms with Crippen LogP contribution in [0, 0.1) is 0 Å². The van der Waals surface area contributed by atoms with Crippen molar-refractivity contribution in [2.24, 2.45) is 0 Å². The number of hydrogen-bond donors (Lipinski definition) is 1. The predicted molar refractivity (Wildman–Crippen MR) is 73.7 cm³/mol. The van der Waals surface area contributed by atoms with Crippen LogP contribution in [0.25, 0.3) is 0 Å². The zero-order valence-corrected chi connectivity index (χ0v) is 11.5. The maximum atomic E-state index is 12.3. The van der Waals surface area contributed by atoms with Crippen LogP contribution in [-0.4, -0.2) is 41.6 Å². The predicted octanol–water partition coefficient (Wildman–Crippen LogP) is 1.70. The van der Waals surface area contributed by atoms with E-state index in [0.717, 1.165) is 24.2 Å². The summed E-state index contributed by atoms with van der Waals surface area (Å²) < 4.78 is 5.07. The van der Waals surface area contributed by atoms with E-state index in [0.29, 0.717) is 13.0 Å². The zero-order valence-electron chi connectivity index (χ0n) is 11.5. The number of carboxylic acids is 1. The monoisotopic (exact) mass is 277 g/mol. The van der Waals surface area contributed by atoms with Crippen molar-refractivity contribution in [3.8, 4) is 5.75 Å². The summed E-state index contributed by atoms with van der Waals surface area (Å²) in [5.74, 6) is -0.294. The van der Waals surface area contributed by atoms with Crippen LogP contribution >= 0.6 is 0 Å². The summed E-state index contributed by atoms with van der Waals surface area (Å²) in [7, 11) is 1.59. The van der Waals surface area contributed by atoms with Gasteiger partial charge in [0.1, 0.15) is 11.8 Å². The number of amides is 1. The van der Waals surface area contributed by atoms with E-state index in [1.54, 1.807) is 19.2 Å². The summed E-state index contributed by atoms with van der Waals surface area (Å²) in [4.78, 5) is 25.0. The van der Waals surface area contributed by atoms with E-state index in [4.69, 9.17) is 4.74 Å². The van der Waals surface area contributed by atoms with Crippen LogP contribution < -0.4 is 4.74 Å². The van der Waals surface area contributed by atoms with E-state index < -0.39 is 12.0 Å². The fraction of sp³-hybridized carbons (Fsp3) is 0.467. The van der Waals surface area contributed by atoms with Gasteiger partial charge in [0.25, 0.3) is 0 Å². The zero-order chi connectivity index (χ0) is 14.5. The molecule has 1 aliphatic heterocycles. The van der Waals surface area contributed by atoms with Crippen LogP contribution in [-0.2, 0) is 16.0 Å².